The Bertz CT molecular complexity index is 673. The van der Waals surface area contributed by atoms with Crippen LogP contribution in [-0.2, 0) is 4.74 Å². The number of hydrogen-bond donors (Lipinski definition) is 3. The summed E-state index contributed by atoms with van der Waals surface area (Å²) in [6.45, 7) is 0. The molecule has 20 heavy (non-hydrogen) atoms. The standard InChI is InChI=1S/C11H13N5O3S/c1-20-2-5-7(17)8(18)11(19-5)16-4-15-6-9(12)13-3-14-10(6)16/h2-4,7-8,11,17-18H,1H3,(H2,12,13,14)/b5-2-/t7-,8-,11-/m1/s1. The quantitative estimate of drug-likeness (QED) is 0.700. The van der Waals surface area contributed by atoms with Gasteiger partial charge < -0.3 is 20.7 Å². The number of thioether (sulfide) groups is 1. The van der Waals surface area contributed by atoms with E-state index in [0.29, 0.717) is 16.9 Å². The predicted octanol–water partition coefficient (Wildman–Crippen LogP) is -0.137. The van der Waals surface area contributed by atoms with Gasteiger partial charge in [0.2, 0.25) is 6.23 Å². The lowest BCUT2D eigenvalue weighted by Gasteiger charge is -2.15. The topological polar surface area (TPSA) is 119 Å². The average molecular weight is 295 g/mol. The van der Waals surface area contributed by atoms with Gasteiger partial charge in [-0.15, -0.1) is 11.8 Å². The number of nitrogens with zero attached hydrogens (tertiary/aromatic N) is 4. The van der Waals surface area contributed by atoms with Crippen molar-refractivity contribution in [3.8, 4) is 0 Å². The maximum Gasteiger partial charge on any atom is 0.207 e. The van der Waals surface area contributed by atoms with Crippen LogP contribution in [0.4, 0.5) is 5.82 Å². The van der Waals surface area contributed by atoms with Gasteiger partial charge in [-0.3, -0.25) is 4.57 Å². The van der Waals surface area contributed by atoms with E-state index in [2.05, 4.69) is 15.0 Å². The number of imidazole rings is 1. The highest BCUT2D eigenvalue weighted by molar-refractivity contribution is 8.01. The molecule has 4 N–H and O–H groups in total. The molecule has 1 aliphatic rings. The van der Waals surface area contributed by atoms with Gasteiger partial charge in [0.05, 0.1) is 0 Å². The number of anilines is 1. The Morgan fingerprint density at radius 3 is 2.95 bits per heavy atom. The van der Waals surface area contributed by atoms with Crippen LogP contribution in [0.2, 0.25) is 0 Å². The van der Waals surface area contributed by atoms with E-state index in [1.807, 2.05) is 6.26 Å². The minimum atomic E-state index is -1.11. The van der Waals surface area contributed by atoms with Crippen molar-refractivity contribution < 1.29 is 14.9 Å². The molecule has 3 rings (SSSR count). The molecule has 8 nitrogen and oxygen atoms in total. The lowest BCUT2D eigenvalue weighted by atomic mass is 10.2. The normalized spacial score (nSPS) is 28.1. The fourth-order valence-corrected chi connectivity index (χ4v) is 2.52. The van der Waals surface area contributed by atoms with Gasteiger partial charge in [0.25, 0.3) is 0 Å². The summed E-state index contributed by atoms with van der Waals surface area (Å²) in [5, 5.41) is 21.7. The van der Waals surface area contributed by atoms with Crippen molar-refractivity contribution in [2.24, 2.45) is 0 Å². The summed E-state index contributed by atoms with van der Waals surface area (Å²) in [7, 11) is 0. The molecule has 0 unspecified atom stereocenters. The van der Waals surface area contributed by atoms with Crippen LogP contribution in [-0.4, -0.2) is 48.2 Å². The van der Waals surface area contributed by atoms with Gasteiger partial charge in [-0.25, -0.2) is 15.0 Å². The second kappa shape index (κ2) is 4.93. The van der Waals surface area contributed by atoms with Crippen LogP contribution in [0.3, 0.4) is 0 Å². The van der Waals surface area contributed by atoms with Crippen LogP contribution in [0.1, 0.15) is 6.23 Å². The zero-order valence-electron chi connectivity index (χ0n) is 10.5. The zero-order valence-corrected chi connectivity index (χ0v) is 11.4. The van der Waals surface area contributed by atoms with Crippen LogP contribution in [0.5, 0.6) is 0 Å². The van der Waals surface area contributed by atoms with Gasteiger partial charge in [0.1, 0.15) is 36.1 Å². The summed E-state index contributed by atoms with van der Waals surface area (Å²) in [5.41, 5.74) is 6.59. The van der Waals surface area contributed by atoms with Crippen molar-refractivity contribution in [3.63, 3.8) is 0 Å². The summed E-state index contributed by atoms with van der Waals surface area (Å²) in [6, 6.07) is 0. The highest BCUT2D eigenvalue weighted by Gasteiger charge is 2.41. The number of nitrogens with two attached hydrogens (primary N) is 1. The highest BCUT2D eigenvalue weighted by Crippen LogP contribution is 2.34. The van der Waals surface area contributed by atoms with Gasteiger partial charge in [0.15, 0.2) is 11.5 Å². The van der Waals surface area contributed by atoms with E-state index >= 15 is 0 Å². The number of fused-ring (bicyclic) bond motifs is 1. The molecular formula is C11H13N5O3S. The number of aliphatic hydroxyl groups excluding tert-OH is 2. The Morgan fingerprint density at radius 1 is 1.40 bits per heavy atom. The number of ether oxygens (including phenoxy) is 1. The molecule has 0 amide bonds. The van der Waals surface area contributed by atoms with Crippen LogP contribution in [0.15, 0.2) is 23.8 Å². The molecule has 0 radical (unpaired) electrons. The van der Waals surface area contributed by atoms with Crippen molar-refractivity contribution >= 4 is 28.7 Å². The second-order valence-corrected chi connectivity index (χ2v) is 4.99. The van der Waals surface area contributed by atoms with Crippen LogP contribution in [0, 0.1) is 0 Å². The first-order chi connectivity index (χ1) is 9.63. The molecule has 3 atom stereocenters. The van der Waals surface area contributed by atoms with Crippen LogP contribution in [0.25, 0.3) is 11.2 Å². The Balaban J connectivity index is 2.04. The van der Waals surface area contributed by atoms with Gasteiger partial charge >= 0.3 is 0 Å². The minimum Gasteiger partial charge on any atom is -0.468 e. The Kier molecular flexibility index (Phi) is 3.24. The second-order valence-electron chi connectivity index (χ2n) is 4.28. The molecule has 0 aliphatic carbocycles. The predicted molar refractivity (Wildman–Crippen MR) is 73.5 cm³/mol. The molecule has 0 spiro atoms. The minimum absolute atomic E-state index is 0.252. The SMILES string of the molecule is CS/C=C1\O[C@@H](n2cnc3c(N)ncnc32)[C@H](O)[C@@H]1O. The summed E-state index contributed by atoms with van der Waals surface area (Å²) in [6.07, 6.45) is 1.61. The van der Waals surface area contributed by atoms with E-state index in [4.69, 9.17) is 10.5 Å². The number of nitrogen functional groups attached to an aromatic ring is 1. The van der Waals surface area contributed by atoms with Gasteiger partial charge in [-0.1, -0.05) is 0 Å². The van der Waals surface area contributed by atoms with Gasteiger partial charge in [0, 0.05) is 5.41 Å². The number of aromatic nitrogens is 4. The van der Waals surface area contributed by atoms with E-state index in [1.54, 1.807) is 5.41 Å². The number of hydrogen-bond acceptors (Lipinski definition) is 8. The zero-order chi connectivity index (χ0) is 14.3. The lowest BCUT2D eigenvalue weighted by Crippen LogP contribution is -2.27. The van der Waals surface area contributed by atoms with Gasteiger partial charge in [-0.2, -0.15) is 0 Å². The summed E-state index contributed by atoms with van der Waals surface area (Å²) in [5.74, 6) is 0.570. The molecule has 3 heterocycles. The smallest absolute Gasteiger partial charge is 0.207 e. The van der Waals surface area contributed by atoms with Crippen LogP contribution < -0.4 is 5.73 Å². The average Bonchev–Trinajstić information content (AvgIpc) is 2.97. The third-order valence-corrected chi connectivity index (χ3v) is 3.53. The molecule has 2 aromatic heterocycles. The largest absolute Gasteiger partial charge is 0.468 e. The lowest BCUT2D eigenvalue weighted by molar-refractivity contribution is -0.0118. The first-order valence-electron chi connectivity index (χ1n) is 5.82. The summed E-state index contributed by atoms with van der Waals surface area (Å²) < 4.78 is 7.11. The first kappa shape index (κ1) is 13.2. The Hall–Kier alpha value is -1.84. The molecule has 9 heteroatoms. The van der Waals surface area contributed by atoms with E-state index in [1.165, 1.54) is 29.0 Å². The molecule has 1 saturated heterocycles. The van der Waals surface area contributed by atoms with Crippen molar-refractivity contribution in [1.29, 1.82) is 0 Å². The highest BCUT2D eigenvalue weighted by atomic mass is 32.2. The third kappa shape index (κ3) is 1.90. The molecular weight excluding hydrogens is 282 g/mol. The molecule has 0 saturated carbocycles. The molecule has 106 valence electrons. The Morgan fingerprint density at radius 2 is 2.20 bits per heavy atom. The molecule has 2 aromatic rings. The molecule has 1 aliphatic heterocycles. The molecule has 0 bridgehead atoms. The maximum atomic E-state index is 10.1. The Labute approximate surface area is 118 Å². The van der Waals surface area contributed by atoms with Crippen molar-refractivity contribution in [2.45, 2.75) is 18.4 Å². The molecule has 1 fully saturated rings. The number of aliphatic hydroxyl groups is 2. The van der Waals surface area contributed by atoms with Crippen molar-refractivity contribution in [1.82, 2.24) is 19.5 Å². The fourth-order valence-electron chi connectivity index (χ4n) is 2.09. The van der Waals surface area contributed by atoms with Crippen LogP contribution >= 0.6 is 11.8 Å². The monoisotopic (exact) mass is 295 g/mol. The third-order valence-electron chi connectivity index (χ3n) is 3.06. The fraction of sp³-hybridized carbons (Fsp3) is 0.364. The maximum absolute atomic E-state index is 10.1. The van der Waals surface area contributed by atoms with Crippen molar-refractivity contribution in [3.05, 3.63) is 23.8 Å². The number of rotatable bonds is 2. The van der Waals surface area contributed by atoms with Crippen molar-refractivity contribution in [2.75, 3.05) is 12.0 Å². The van der Waals surface area contributed by atoms with Gasteiger partial charge in [-0.05, 0) is 6.26 Å². The van der Waals surface area contributed by atoms with E-state index < -0.39 is 18.4 Å². The van der Waals surface area contributed by atoms with E-state index in [9.17, 15) is 10.2 Å². The van der Waals surface area contributed by atoms with E-state index in [0.717, 1.165) is 0 Å². The first-order valence-corrected chi connectivity index (χ1v) is 7.11. The summed E-state index contributed by atoms with van der Waals surface area (Å²) in [4.78, 5) is 12.0. The summed E-state index contributed by atoms with van der Waals surface area (Å²) >= 11 is 1.38. The molecule has 0 aromatic carbocycles. The van der Waals surface area contributed by atoms with E-state index in [-0.39, 0.29) is 5.82 Å².